The molecule has 28 heavy (non-hydrogen) atoms. The van der Waals surface area contributed by atoms with Gasteiger partial charge in [0.1, 0.15) is 5.82 Å². The molecule has 1 aliphatic heterocycles. The van der Waals surface area contributed by atoms with Crippen LogP contribution in [-0.4, -0.2) is 14.8 Å². The highest BCUT2D eigenvalue weighted by Gasteiger charge is 2.33. The van der Waals surface area contributed by atoms with Crippen LogP contribution in [0.25, 0.3) is 11.8 Å². The average molecular weight is 409 g/mol. The smallest absolute Gasteiger partial charge is 0.270 e. The molecule has 6 heteroatoms. The first-order chi connectivity index (χ1) is 13.5. The largest absolute Gasteiger partial charge is 0.318 e. The Hall–Kier alpha value is -2.70. The number of anilines is 1. The number of carbonyl (C=O) groups is 1. The summed E-state index contributed by atoms with van der Waals surface area (Å²) in [5.41, 5.74) is 4.76. The van der Waals surface area contributed by atoms with Gasteiger partial charge in [0, 0.05) is 17.1 Å². The Morgan fingerprint density at radius 1 is 1.00 bits per heavy atom. The van der Waals surface area contributed by atoms with Gasteiger partial charge in [0.05, 0.1) is 10.6 Å². The molecule has 1 aliphatic rings. The number of hydrogen-bond acceptors (Lipinski definition) is 3. The van der Waals surface area contributed by atoms with E-state index in [2.05, 4.69) is 22.8 Å². The topological polar surface area (TPSA) is 25.2 Å². The van der Waals surface area contributed by atoms with E-state index < -0.39 is 0 Å². The van der Waals surface area contributed by atoms with E-state index in [1.165, 1.54) is 28.8 Å². The van der Waals surface area contributed by atoms with Crippen LogP contribution in [-0.2, 0) is 4.79 Å². The fourth-order valence-electron chi connectivity index (χ4n) is 3.33. The average Bonchev–Trinajstić information content (AvgIpc) is 3.12. The van der Waals surface area contributed by atoms with Gasteiger partial charge in [0.15, 0.2) is 4.32 Å². The summed E-state index contributed by atoms with van der Waals surface area (Å²) in [6, 6.07) is 17.9. The van der Waals surface area contributed by atoms with E-state index in [1.807, 2.05) is 38.1 Å². The second kappa shape index (κ2) is 7.37. The summed E-state index contributed by atoms with van der Waals surface area (Å²) in [5, 5.41) is 0. The van der Waals surface area contributed by atoms with E-state index in [-0.39, 0.29) is 11.7 Å². The highest BCUT2D eigenvalue weighted by molar-refractivity contribution is 8.27. The molecule has 0 bridgehead atoms. The third kappa shape index (κ3) is 3.30. The van der Waals surface area contributed by atoms with Gasteiger partial charge < -0.3 is 4.57 Å². The number of aryl methyl sites for hydroxylation is 1. The van der Waals surface area contributed by atoms with Crippen LogP contribution < -0.4 is 4.90 Å². The molecule has 1 aromatic heterocycles. The van der Waals surface area contributed by atoms with Crippen molar-refractivity contribution in [2.45, 2.75) is 13.8 Å². The van der Waals surface area contributed by atoms with Crippen LogP contribution in [0, 0.1) is 19.7 Å². The molecule has 1 saturated heterocycles. The predicted molar refractivity (Wildman–Crippen MR) is 117 cm³/mol. The van der Waals surface area contributed by atoms with Gasteiger partial charge in [-0.25, -0.2) is 4.39 Å². The number of thiocarbonyl (C=S) groups is 1. The lowest BCUT2D eigenvalue weighted by Crippen LogP contribution is -2.27. The van der Waals surface area contributed by atoms with Gasteiger partial charge in [-0.2, -0.15) is 0 Å². The van der Waals surface area contributed by atoms with Crippen molar-refractivity contribution >= 4 is 46.0 Å². The molecule has 4 rings (SSSR count). The zero-order valence-corrected chi connectivity index (χ0v) is 17.0. The Labute approximate surface area is 172 Å². The Balaban J connectivity index is 1.70. The minimum absolute atomic E-state index is 0.189. The monoisotopic (exact) mass is 408 g/mol. The minimum atomic E-state index is -0.349. The van der Waals surface area contributed by atoms with Crippen LogP contribution >= 0.6 is 24.0 Å². The number of thioether (sulfide) groups is 1. The van der Waals surface area contributed by atoms with Crippen LogP contribution in [0.1, 0.15) is 17.0 Å². The van der Waals surface area contributed by atoms with E-state index in [1.54, 1.807) is 12.1 Å². The molecule has 1 fully saturated rings. The second-order valence-electron chi connectivity index (χ2n) is 6.49. The minimum Gasteiger partial charge on any atom is -0.318 e. The number of hydrogen-bond donors (Lipinski definition) is 0. The summed E-state index contributed by atoms with van der Waals surface area (Å²) in [7, 11) is 0. The molecule has 0 unspecified atom stereocenters. The highest BCUT2D eigenvalue weighted by atomic mass is 32.2. The first-order valence-corrected chi connectivity index (χ1v) is 9.96. The number of halogens is 1. The zero-order valence-electron chi connectivity index (χ0n) is 15.3. The van der Waals surface area contributed by atoms with Crippen molar-refractivity contribution in [3.8, 4) is 5.69 Å². The Morgan fingerprint density at radius 2 is 1.68 bits per heavy atom. The van der Waals surface area contributed by atoms with E-state index in [9.17, 15) is 9.18 Å². The van der Waals surface area contributed by atoms with Crippen molar-refractivity contribution in [2.24, 2.45) is 0 Å². The van der Waals surface area contributed by atoms with E-state index in [0.717, 1.165) is 22.6 Å². The Bertz CT molecular complexity index is 1100. The lowest BCUT2D eigenvalue weighted by atomic mass is 10.2. The number of nitrogens with zero attached hydrogens (tertiary/aromatic N) is 2. The van der Waals surface area contributed by atoms with Gasteiger partial charge in [-0.15, -0.1) is 0 Å². The predicted octanol–water partition coefficient (Wildman–Crippen LogP) is 5.64. The number of aromatic nitrogens is 1. The molecule has 1 amide bonds. The lowest BCUT2D eigenvalue weighted by Gasteiger charge is -2.14. The molecule has 140 valence electrons. The molecular formula is C22H17FN2OS2. The maximum absolute atomic E-state index is 13.2. The van der Waals surface area contributed by atoms with Gasteiger partial charge in [-0.05, 0) is 68.0 Å². The van der Waals surface area contributed by atoms with Gasteiger partial charge in [-0.3, -0.25) is 9.69 Å². The quantitative estimate of drug-likeness (QED) is 0.414. The van der Waals surface area contributed by atoms with Crippen molar-refractivity contribution in [3.05, 3.63) is 88.3 Å². The number of carbonyl (C=O) groups excluding carboxylic acids is 1. The van der Waals surface area contributed by atoms with E-state index >= 15 is 0 Å². The molecular weight excluding hydrogens is 391 g/mol. The molecule has 3 nitrogen and oxygen atoms in total. The van der Waals surface area contributed by atoms with Crippen LogP contribution in [0.5, 0.6) is 0 Å². The van der Waals surface area contributed by atoms with Gasteiger partial charge >= 0.3 is 0 Å². The normalized spacial score (nSPS) is 15.7. The molecule has 0 spiro atoms. The second-order valence-corrected chi connectivity index (χ2v) is 8.17. The molecule has 0 N–H and O–H groups in total. The summed E-state index contributed by atoms with van der Waals surface area (Å²) >= 11 is 6.66. The molecule has 2 heterocycles. The summed E-state index contributed by atoms with van der Waals surface area (Å²) < 4.78 is 15.8. The highest BCUT2D eigenvalue weighted by Crippen LogP contribution is 2.37. The van der Waals surface area contributed by atoms with Crippen LogP contribution in [0.2, 0.25) is 0 Å². The number of rotatable bonds is 3. The van der Waals surface area contributed by atoms with Crippen molar-refractivity contribution in [1.82, 2.24) is 4.57 Å². The van der Waals surface area contributed by atoms with Crippen LogP contribution in [0.3, 0.4) is 0 Å². The summed E-state index contributed by atoms with van der Waals surface area (Å²) in [6.07, 6.45) is 1.88. The Kier molecular flexibility index (Phi) is 4.91. The van der Waals surface area contributed by atoms with Gasteiger partial charge in [-0.1, -0.05) is 42.2 Å². The van der Waals surface area contributed by atoms with Crippen LogP contribution in [0.4, 0.5) is 10.1 Å². The van der Waals surface area contributed by atoms with Gasteiger partial charge in [0.25, 0.3) is 5.91 Å². The standard InChI is InChI=1S/C22H17FN2OS2/c1-14-12-16(15(2)24(14)18-6-4-3-5-7-18)13-20-21(26)25(22(27)28-20)19-10-8-17(23)9-11-19/h3-13H,1-2H3. The molecule has 2 aromatic carbocycles. The van der Waals surface area contributed by atoms with Crippen molar-refractivity contribution in [1.29, 1.82) is 0 Å². The number of amides is 1. The van der Waals surface area contributed by atoms with Crippen LogP contribution in [0.15, 0.2) is 65.6 Å². The molecule has 0 saturated carbocycles. The summed E-state index contributed by atoms with van der Waals surface area (Å²) in [5.74, 6) is -0.538. The lowest BCUT2D eigenvalue weighted by molar-refractivity contribution is -0.113. The molecule has 0 aliphatic carbocycles. The first-order valence-electron chi connectivity index (χ1n) is 8.73. The fraction of sp³-hybridized carbons (Fsp3) is 0.0909. The molecule has 0 radical (unpaired) electrons. The summed E-state index contributed by atoms with van der Waals surface area (Å²) in [4.78, 5) is 14.9. The van der Waals surface area contributed by atoms with Crippen molar-refractivity contribution in [2.75, 3.05) is 4.90 Å². The maximum atomic E-state index is 13.2. The number of benzene rings is 2. The molecule has 0 atom stereocenters. The Morgan fingerprint density at radius 3 is 2.36 bits per heavy atom. The SMILES string of the molecule is Cc1cc(C=C2SC(=S)N(c3ccc(F)cc3)C2=O)c(C)n1-c1ccccc1. The third-order valence-corrected chi connectivity index (χ3v) is 5.95. The molecule has 3 aromatic rings. The first kappa shape index (κ1) is 18.7. The van der Waals surface area contributed by atoms with Crippen molar-refractivity contribution < 1.29 is 9.18 Å². The fourth-order valence-corrected chi connectivity index (χ4v) is 4.62. The van der Waals surface area contributed by atoms with E-state index in [4.69, 9.17) is 12.2 Å². The van der Waals surface area contributed by atoms with E-state index in [0.29, 0.717) is 14.9 Å². The third-order valence-electron chi connectivity index (χ3n) is 4.65. The van der Waals surface area contributed by atoms with Gasteiger partial charge in [0.2, 0.25) is 0 Å². The maximum Gasteiger partial charge on any atom is 0.270 e. The summed E-state index contributed by atoms with van der Waals surface area (Å²) in [6.45, 7) is 4.08. The zero-order chi connectivity index (χ0) is 19.8. The number of para-hydroxylation sites is 1. The van der Waals surface area contributed by atoms with Crippen molar-refractivity contribution in [3.63, 3.8) is 0 Å².